The molecule has 100 valence electrons. The van der Waals surface area contributed by atoms with Gasteiger partial charge in [-0.3, -0.25) is 9.58 Å². The summed E-state index contributed by atoms with van der Waals surface area (Å²) >= 11 is 0. The van der Waals surface area contributed by atoms with E-state index in [0.717, 1.165) is 24.6 Å². The molecule has 1 fully saturated rings. The number of nitrogens with two attached hydrogens (primary N) is 1. The smallest absolute Gasteiger partial charge is 0.140 e. The molecule has 1 heterocycles. The molecule has 0 unspecified atom stereocenters. The maximum absolute atomic E-state index is 5.72. The zero-order valence-electron chi connectivity index (χ0n) is 11.2. The molecule has 0 aliphatic heterocycles. The normalized spacial score (nSPS) is 15.1. The molecular formula is C14H19N5. The first-order valence-electron chi connectivity index (χ1n) is 6.64. The summed E-state index contributed by atoms with van der Waals surface area (Å²) in [7, 11) is 1.94. The predicted octanol–water partition coefficient (Wildman–Crippen LogP) is 1.56. The highest BCUT2D eigenvalue weighted by Gasteiger charge is 2.29. The van der Waals surface area contributed by atoms with Crippen LogP contribution in [0.25, 0.3) is 0 Å². The van der Waals surface area contributed by atoms with Crippen molar-refractivity contribution < 1.29 is 0 Å². The van der Waals surface area contributed by atoms with Crippen molar-refractivity contribution in [2.24, 2.45) is 7.05 Å². The van der Waals surface area contributed by atoms with Crippen LogP contribution in [0.4, 0.5) is 5.69 Å². The van der Waals surface area contributed by atoms with Crippen molar-refractivity contribution >= 4 is 5.69 Å². The van der Waals surface area contributed by atoms with Gasteiger partial charge in [-0.15, -0.1) is 0 Å². The number of benzene rings is 1. The average molecular weight is 257 g/mol. The number of aryl methyl sites for hydroxylation is 1. The molecule has 0 bridgehead atoms. The Hall–Kier alpha value is -1.88. The molecule has 19 heavy (non-hydrogen) atoms. The molecule has 0 amide bonds. The van der Waals surface area contributed by atoms with Gasteiger partial charge in [0.15, 0.2) is 0 Å². The monoisotopic (exact) mass is 257 g/mol. The van der Waals surface area contributed by atoms with Gasteiger partial charge >= 0.3 is 0 Å². The van der Waals surface area contributed by atoms with Crippen molar-refractivity contribution in [3.05, 3.63) is 42.0 Å². The minimum Gasteiger partial charge on any atom is -0.399 e. The SMILES string of the molecule is Cn1ncnc1CN(Cc1ccc(N)cc1)C1CC1. The van der Waals surface area contributed by atoms with Gasteiger partial charge in [-0.2, -0.15) is 5.10 Å². The molecule has 5 nitrogen and oxygen atoms in total. The molecule has 2 aromatic rings. The first-order chi connectivity index (χ1) is 9.22. The van der Waals surface area contributed by atoms with Crippen molar-refractivity contribution in [3.63, 3.8) is 0 Å². The van der Waals surface area contributed by atoms with Crippen LogP contribution in [0.5, 0.6) is 0 Å². The molecule has 3 rings (SSSR count). The molecule has 0 saturated heterocycles. The standard InChI is InChI=1S/C14H19N5/c1-18-14(16-10-17-18)9-19(13-6-7-13)8-11-2-4-12(15)5-3-11/h2-5,10,13H,6-9,15H2,1H3. The lowest BCUT2D eigenvalue weighted by molar-refractivity contribution is 0.236. The summed E-state index contributed by atoms with van der Waals surface area (Å²) in [6.45, 7) is 1.79. The second kappa shape index (κ2) is 5.01. The third-order valence-electron chi connectivity index (χ3n) is 3.58. The van der Waals surface area contributed by atoms with E-state index in [1.807, 2.05) is 23.9 Å². The summed E-state index contributed by atoms with van der Waals surface area (Å²) < 4.78 is 1.85. The fourth-order valence-electron chi connectivity index (χ4n) is 2.26. The van der Waals surface area contributed by atoms with E-state index < -0.39 is 0 Å². The fraction of sp³-hybridized carbons (Fsp3) is 0.429. The lowest BCUT2D eigenvalue weighted by atomic mass is 10.2. The van der Waals surface area contributed by atoms with Crippen LogP contribution in [0.1, 0.15) is 24.2 Å². The molecule has 0 radical (unpaired) electrons. The molecule has 1 aromatic heterocycles. The first kappa shape index (κ1) is 12.2. The van der Waals surface area contributed by atoms with Crippen LogP contribution >= 0.6 is 0 Å². The Bertz CT molecular complexity index is 541. The lowest BCUT2D eigenvalue weighted by Crippen LogP contribution is -2.26. The summed E-state index contributed by atoms with van der Waals surface area (Å²) in [4.78, 5) is 6.78. The highest BCUT2D eigenvalue weighted by Crippen LogP contribution is 2.29. The van der Waals surface area contributed by atoms with Crippen LogP contribution in [-0.4, -0.2) is 25.7 Å². The zero-order valence-corrected chi connectivity index (χ0v) is 11.2. The molecule has 0 atom stereocenters. The van der Waals surface area contributed by atoms with Crippen LogP contribution < -0.4 is 5.73 Å². The van der Waals surface area contributed by atoms with E-state index in [1.54, 1.807) is 6.33 Å². The van der Waals surface area contributed by atoms with Gasteiger partial charge < -0.3 is 5.73 Å². The molecule has 1 aliphatic carbocycles. The summed E-state index contributed by atoms with van der Waals surface area (Å²) in [6.07, 6.45) is 4.18. The Morgan fingerprint density at radius 1 is 1.26 bits per heavy atom. The number of anilines is 1. The topological polar surface area (TPSA) is 60.0 Å². The molecule has 1 aromatic carbocycles. The molecule has 1 saturated carbocycles. The van der Waals surface area contributed by atoms with Crippen LogP contribution in [0.15, 0.2) is 30.6 Å². The Morgan fingerprint density at radius 3 is 2.58 bits per heavy atom. The zero-order chi connectivity index (χ0) is 13.2. The van der Waals surface area contributed by atoms with Crippen molar-refractivity contribution in [1.82, 2.24) is 19.7 Å². The van der Waals surface area contributed by atoms with Crippen LogP contribution in [0, 0.1) is 0 Å². The van der Waals surface area contributed by atoms with Gasteiger partial charge in [0.05, 0.1) is 6.54 Å². The van der Waals surface area contributed by atoms with E-state index >= 15 is 0 Å². The van der Waals surface area contributed by atoms with E-state index in [4.69, 9.17) is 5.73 Å². The number of hydrogen-bond donors (Lipinski definition) is 1. The average Bonchev–Trinajstić information content (AvgIpc) is 3.17. The Labute approximate surface area is 113 Å². The maximum atomic E-state index is 5.72. The minimum absolute atomic E-state index is 0.689. The molecule has 5 heteroatoms. The van der Waals surface area contributed by atoms with Crippen molar-refractivity contribution in [3.8, 4) is 0 Å². The van der Waals surface area contributed by atoms with Gasteiger partial charge in [0.2, 0.25) is 0 Å². The summed E-state index contributed by atoms with van der Waals surface area (Å²) in [5, 5.41) is 4.13. The van der Waals surface area contributed by atoms with E-state index in [9.17, 15) is 0 Å². The Morgan fingerprint density at radius 2 is 2.00 bits per heavy atom. The quantitative estimate of drug-likeness (QED) is 0.826. The first-order valence-corrected chi connectivity index (χ1v) is 6.64. The van der Waals surface area contributed by atoms with Gasteiger partial charge in [0.1, 0.15) is 12.2 Å². The Kier molecular flexibility index (Phi) is 3.21. The second-order valence-electron chi connectivity index (χ2n) is 5.18. The third kappa shape index (κ3) is 2.93. The van der Waals surface area contributed by atoms with Crippen LogP contribution in [0.3, 0.4) is 0 Å². The van der Waals surface area contributed by atoms with Crippen molar-refractivity contribution in [1.29, 1.82) is 0 Å². The molecule has 2 N–H and O–H groups in total. The predicted molar refractivity (Wildman–Crippen MR) is 74.1 cm³/mol. The lowest BCUT2D eigenvalue weighted by Gasteiger charge is -2.21. The highest BCUT2D eigenvalue weighted by molar-refractivity contribution is 5.39. The number of nitrogen functional groups attached to an aromatic ring is 1. The van der Waals surface area contributed by atoms with Gasteiger partial charge in [-0.05, 0) is 30.5 Å². The molecule has 1 aliphatic rings. The van der Waals surface area contributed by atoms with E-state index in [1.165, 1.54) is 18.4 Å². The van der Waals surface area contributed by atoms with E-state index in [0.29, 0.717) is 6.04 Å². The minimum atomic E-state index is 0.689. The Balaban J connectivity index is 1.71. The largest absolute Gasteiger partial charge is 0.399 e. The number of nitrogens with zero attached hydrogens (tertiary/aromatic N) is 4. The third-order valence-corrected chi connectivity index (χ3v) is 3.58. The molecular weight excluding hydrogens is 238 g/mol. The number of aromatic nitrogens is 3. The van der Waals surface area contributed by atoms with Crippen LogP contribution in [-0.2, 0) is 20.1 Å². The molecule has 0 spiro atoms. The highest BCUT2D eigenvalue weighted by atomic mass is 15.3. The van der Waals surface area contributed by atoms with Gasteiger partial charge in [0, 0.05) is 25.3 Å². The van der Waals surface area contributed by atoms with Crippen molar-refractivity contribution in [2.75, 3.05) is 5.73 Å². The van der Waals surface area contributed by atoms with Crippen molar-refractivity contribution in [2.45, 2.75) is 32.0 Å². The summed E-state index contributed by atoms with van der Waals surface area (Å²) in [5.74, 6) is 1.02. The van der Waals surface area contributed by atoms with Gasteiger partial charge in [-0.1, -0.05) is 12.1 Å². The maximum Gasteiger partial charge on any atom is 0.140 e. The van der Waals surface area contributed by atoms with E-state index in [2.05, 4.69) is 27.1 Å². The summed E-state index contributed by atoms with van der Waals surface area (Å²) in [5.41, 5.74) is 7.83. The van der Waals surface area contributed by atoms with Gasteiger partial charge in [0.25, 0.3) is 0 Å². The second-order valence-corrected chi connectivity index (χ2v) is 5.18. The fourth-order valence-corrected chi connectivity index (χ4v) is 2.26. The summed E-state index contributed by atoms with van der Waals surface area (Å²) in [6, 6.07) is 8.81. The van der Waals surface area contributed by atoms with Crippen LogP contribution in [0.2, 0.25) is 0 Å². The number of hydrogen-bond acceptors (Lipinski definition) is 4. The van der Waals surface area contributed by atoms with E-state index in [-0.39, 0.29) is 0 Å². The van der Waals surface area contributed by atoms with Gasteiger partial charge in [-0.25, -0.2) is 4.98 Å². The number of rotatable bonds is 5.